The zero-order chi connectivity index (χ0) is 21.3. The second-order valence-corrected chi connectivity index (χ2v) is 7.86. The van der Waals surface area contributed by atoms with E-state index in [4.69, 9.17) is 19.3 Å². The number of phosphoric acid groups is 1. The first-order valence-corrected chi connectivity index (χ1v) is 11.4. The van der Waals surface area contributed by atoms with Gasteiger partial charge in [-0.05, 0) is 6.42 Å². The van der Waals surface area contributed by atoms with Crippen LogP contribution in [0, 0.1) is 13.8 Å². The summed E-state index contributed by atoms with van der Waals surface area (Å²) in [5.74, 6) is -1.04. The third kappa shape index (κ3) is 18.4. The fourth-order valence-electron chi connectivity index (χ4n) is 2.45. The summed E-state index contributed by atoms with van der Waals surface area (Å²) in [6, 6.07) is 0. The maximum absolute atomic E-state index is 11.8. The van der Waals surface area contributed by atoms with Crippen molar-refractivity contribution in [1.29, 1.82) is 0 Å². The van der Waals surface area contributed by atoms with Crippen molar-refractivity contribution >= 4 is 19.8 Å². The molecule has 0 bridgehead atoms. The first-order valence-electron chi connectivity index (χ1n) is 9.92. The number of ether oxygens (including phenoxy) is 2. The predicted molar refractivity (Wildman–Crippen MR) is 105 cm³/mol. The van der Waals surface area contributed by atoms with Crippen molar-refractivity contribution in [2.24, 2.45) is 0 Å². The van der Waals surface area contributed by atoms with Crippen LogP contribution >= 0.6 is 7.82 Å². The van der Waals surface area contributed by atoms with Crippen molar-refractivity contribution in [2.45, 2.75) is 83.2 Å². The Morgan fingerprint density at radius 3 is 1.89 bits per heavy atom. The Morgan fingerprint density at radius 2 is 1.36 bits per heavy atom. The first-order chi connectivity index (χ1) is 13.3. The molecule has 0 saturated heterocycles. The van der Waals surface area contributed by atoms with Crippen LogP contribution < -0.4 is 0 Å². The van der Waals surface area contributed by atoms with Crippen LogP contribution in [-0.2, 0) is 28.2 Å². The Bertz CT molecular complexity index is 463. The monoisotopic (exact) mass is 422 g/mol. The van der Waals surface area contributed by atoms with E-state index in [1.807, 2.05) is 0 Å². The quantitative estimate of drug-likeness (QED) is 0.148. The van der Waals surface area contributed by atoms with Crippen molar-refractivity contribution < 1.29 is 37.9 Å². The molecule has 0 aromatic carbocycles. The zero-order valence-corrected chi connectivity index (χ0v) is 17.6. The van der Waals surface area contributed by atoms with Crippen LogP contribution in [0.4, 0.5) is 0 Å². The van der Waals surface area contributed by atoms with Crippen molar-refractivity contribution in [3.63, 3.8) is 0 Å². The zero-order valence-electron chi connectivity index (χ0n) is 16.7. The van der Waals surface area contributed by atoms with Crippen LogP contribution in [-0.4, -0.2) is 41.0 Å². The maximum Gasteiger partial charge on any atom is 0.469 e. The standard InChI is InChI=1S/C19H35O8P/c1-3-5-6-7-8-9-10-11-12-14-18(20)25-15-17(16-26-28(22,23)24)27-19(21)13-4-2/h17H,1-16H2,(H2,22,23,24)/q-2/t17-/m1/s1. The Hall–Kier alpha value is -0.950. The lowest BCUT2D eigenvalue weighted by molar-refractivity contribution is -0.161. The molecule has 9 heteroatoms. The molecular weight excluding hydrogens is 387 g/mol. The maximum atomic E-state index is 11.8. The molecule has 0 radical (unpaired) electrons. The summed E-state index contributed by atoms with van der Waals surface area (Å²) in [4.78, 5) is 40.8. The molecule has 1 atom stereocenters. The van der Waals surface area contributed by atoms with E-state index in [0.29, 0.717) is 12.8 Å². The number of hydrogen-bond acceptors (Lipinski definition) is 6. The number of carbonyl (C=O) groups is 2. The second-order valence-electron chi connectivity index (χ2n) is 6.62. The molecule has 28 heavy (non-hydrogen) atoms. The van der Waals surface area contributed by atoms with Crippen LogP contribution in [0.2, 0.25) is 0 Å². The average Bonchev–Trinajstić information content (AvgIpc) is 2.62. The third-order valence-electron chi connectivity index (χ3n) is 3.92. The highest BCUT2D eigenvalue weighted by Gasteiger charge is 2.22. The van der Waals surface area contributed by atoms with Gasteiger partial charge >= 0.3 is 19.8 Å². The van der Waals surface area contributed by atoms with Gasteiger partial charge in [0.2, 0.25) is 0 Å². The van der Waals surface area contributed by atoms with Crippen LogP contribution in [0.1, 0.15) is 77.0 Å². The number of phosphoric ester groups is 1. The molecule has 0 saturated carbocycles. The fraction of sp³-hybridized carbons (Fsp3) is 0.789. The SMILES string of the molecule is [CH2-]CCCCCCCCCCC(=O)OC[C@H](COP(=O)(O)O)OC(=O)CC[CH2-]. The van der Waals surface area contributed by atoms with Gasteiger partial charge in [-0.2, -0.15) is 12.8 Å². The first kappa shape index (κ1) is 27.0. The van der Waals surface area contributed by atoms with Gasteiger partial charge in [0.15, 0.2) is 6.10 Å². The minimum absolute atomic E-state index is 0.0513. The highest BCUT2D eigenvalue weighted by molar-refractivity contribution is 7.46. The van der Waals surface area contributed by atoms with E-state index >= 15 is 0 Å². The Kier molecular flexibility index (Phi) is 16.4. The van der Waals surface area contributed by atoms with Crippen LogP contribution in [0.5, 0.6) is 0 Å². The lowest BCUT2D eigenvalue weighted by Crippen LogP contribution is -2.29. The van der Waals surface area contributed by atoms with Crippen LogP contribution in [0.25, 0.3) is 0 Å². The number of carbonyl (C=O) groups excluding carboxylic acids is 2. The lowest BCUT2D eigenvalue weighted by atomic mass is 10.1. The Morgan fingerprint density at radius 1 is 0.786 bits per heavy atom. The summed E-state index contributed by atoms with van der Waals surface area (Å²) >= 11 is 0. The van der Waals surface area contributed by atoms with Crippen LogP contribution in [0.3, 0.4) is 0 Å². The average molecular weight is 422 g/mol. The summed E-state index contributed by atoms with van der Waals surface area (Å²) < 4.78 is 25.2. The lowest BCUT2D eigenvalue weighted by Gasteiger charge is -2.18. The largest absolute Gasteiger partial charge is 0.469 e. The molecule has 0 heterocycles. The predicted octanol–water partition coefficient (Wildman–Crippen LogP) is 3.90. The Balaban J connectivity index is 3.98. The van der Waals surface area contributed by atoms with Gasteiger partial charge in [-0.15, -0.1) is 0 Å². The third-order valence-corrected chi connectivity index (χ3v) is 4.40. The van der Waals surface area contributed by atoms with Gasteiger partial charge in [0.1, 0.15) is 6.61 Å². The minimum atomic E-state index is -4.71. The molecule has 0 fully saturated rings. The number of unbranched alkanes of at least 4 members (excludes halogenated alkanes) is 8. The van der Waals surface area contributed by atoms with Gasteiger partial charge in [-0.25, -0.2) is 4.57 Å². The van der Waals surface area contributed by atoms with Gasteiger partial charge in [-0.3, -0.25) is 14.1 Å². The normalized spacial score (nSPS) is 12.6. The van der Waals surface area contributed by atoms with Gasteiger partial charge in [0.25, 0.3) is 0 Å². The molecule has 0 aromatic heterocycles. The second kappa shape index (κ2) is 17.0. The highest BCUT2D eigenvalue weighted by atomic mass is 31.2. The van der Waals surface area contributed by atoms with Gasteiger partial charge < -0.3 is 33.1 Å². The number of hydrogen-bond donors (Lipinski definition) is 2. The molecule has 166 valence electrons. The van der Waals surface area contributed by atoms with E-state index in [1.165, 1.54) is 25.7 Å². The molecular formula is C19H35O8P-2. The summed E-state index contributed by atoms with van der Waals surface area (Å²) in [5, 5.41) is 0. The molecule has 0 rings (SSSR count). The van der Waals surface area contributed by atoms with Crippen molar-refractivity contribution in [1.82, 2.24) is 0 Å². The van der Waals surface area contributed by atoms with Crippen LogP contribution in [0.15, 0.2) is 0 Å². The van der Waals surface area contributed by atoms with Crippen molar-refractivity contribution in [3.05, 3.63) is 13.8 Å². The van der Waals surface area contributed by atoms with E-state index in [2.05, 4.69) is 18.4 Å². The highest BCUT2D eigenvalue weighted by Crippen LogP contribution is 2.35. The molecule has 0 aliphatic heterocycles. The smallest absolute Gasteiger partial charge is 0.462 e. The fourth-order valence-corrected chi connectivity index (χ4v) is 2.81. The molecule has 8 nitrogen and oxygen atoms in total. The summed E-state index contributed by atoms with van der Waals surface area (Å²) in [6.45, 7) is 6.47. The Labute approximate surface area is 168 Å². The molecule has 0 spiro atoms. The number of rotatable bonds is 18. The molecule has 0 unspecified atom stereocenters. The van der Waals surface area contributed by atoms with E-state index in [-0.39, 0.29) is 19.4 Å². The molecule has 0 amide bonds. The summed E-state index contributed by atoms with van der Waals surface area (Å²) in [7, 11) is -4.71. The van der Waals surface area contributed by atoms with Gasteiger partial charge in [0, 0.05) is 12.8 Å². The van der Waals surface area contributed by atoms with E-state index in [9.17, 15) is 14.2 Å². The molecule has 2 N–H and O–H groups in total. The topological polar surface area (TPSA) is 119 Å². The van der Waals surface area contributed by atoms with Crippen molar-refractivity contribution in [3.8, 4) is 0 Å². The van der Waals surface area contributed by atoms with E-state index < -0.39 is 32.5 Å². The molecule has 0 aliphatic rings. The minimum Gasteiger partial charge on any atom is -0.462 e. The van der Waals surface area contributed by atoms with Gasteiger partial charge in [-0.1, -0.05) is 44.9 Å². The van der Waals surface area contributed by atoms with E-state index in [1.54, 1.807) is 0 Å². The number of esters is 2. The summed E-state index contributed by atoms with van der Waals surface area (Å²) in [5.41, 5.74) is 0. The van der Waals surface area contributed by atoms with E-state index in [0.717, 1.165) is 25.7 Å². The summed E-state index contributed by atoms with van der Waals surface area (Å²) in [6.07, 6.45) is 9.23. The molecule has 0 aromatic rings. The van der Waals surface area contributed by atoms with Crippen molar-refractivity contribution in [2.75, 3.05) is 13.2 Å². The molecule has 0 aliphatic carbocycles. The van der Waals surface area contributed by atoms with Gasteiger partial charge in [0.05, 0.1) is 6.61 Å².